The first-order valence-corrected chi connectivity index (χ1v) is 10.9. The number of rotatable bonds is 4. The van der Waals surface area contributed by atoms with E-state index in [2.05, 4.69) is 67.5 Å². The van der Waals surface area contributed by atoms with Gasteiger partial charge in [0.2, 0.25) is 0 Å². The van der Waals surface area contributed by atoms with Crippen molar-refractivity contribution in [3.05, 3.63) is 12.2 Å². The molecule has 0 N–H and O–H groups in total. The highest BCUT2D eigenvalue weighted by molar-refractivity contribution is 4.96. The van der Waals surface area contributed by atoms with Crippen LogP contribution in [-0.4, -0.2) is 0 Å². The molecule has 2 rings (SSSR count). The third-order valence-electron chi connectivity index (χ3n) is 6.83. The first kappa shape index (κ1) is 21.8. The fourth-order valence-electron chi connectivity index (χ4n) is 5.23. The van der Waals surface area contributed by atoms with Crippen LogP contribution in [-0.2, 0) is 0 Å². The van der Waals surface area contributed by atoms with Gasteiger partial charge >= 0.3 is 0 Å². The van der Waals surface area contributed by atoms with Gasteiger partial charge in [0.05, 0.1) is 0 Å². The van der Waals surface area contributed by atoms with Crippen molar-refractivity contribution < 1.29 is 0 Å². The molecule has 0 radical (unpaired) electrons. The summed E-state index contributed by atoms with van der Waals surface area (Å²) in [6, 6.07) is 0. The lowest BCUT2D eigenvalue weighted by atomic mass is 9.69. The van der Waals surface area contributed by atoms with E-state index in [0.29, 0.717) is 0 Å². The second-order valence-corrected chi connectivity index (χ2v) is 9.86. The van der Waals surface area contributed by atoms with Gasteiger partial charge < -0.3 is 0 Å². The van der Waals surface area contributed by atoms with E-state index in [4.69, 9.17) is 0 Å². The molecule has 0 amide bonds. The molecule has 0 aliphatic heterocycles. The van der Waals surface area contributed by atoms with Gasteiger partial charge in [-0.3, -0.25) is 0 Å². The highest BCUT2D eigenvalue weighted by Gasteiger charge is 2.29. The minimum atomic E-state index is 0.849. The summed E-state index contributed by atoms with van der Waals surface area (Å²) >= 11 is 0. The molecule has 2 aliphatic carbocycles. The Morgan fingerprint density at radius 3 is 1.04 bits per heavy atom. The summed E-state index contributed by atoms with van der Waals surface area (Å²) in [5.74, 6) is 7.38. The van der Waals surface area contributed by atoms with Crippen molar-refractivity contribution in [3.8, 4) is 0 Å². The Kier molecular flexibility index (Phi) is 9.68. The van der Waals surface area contributed by atoms with Crippen molar-refractivity contribution in [1.82, 2.24) is 0 Å². The number of hydrogen-bond donors (Lipinski definition) is 0. The van der Waals surface area contributed by atoms with Gasteiger partial charge in [0.25, 0.3) is 0 Å². The molecular weight excluding hydrogens is 288 g/mol. The smallest absolute Gasteiger partial charge is 0.0317 e. The summed E-state index contributed by atoms with van der Waals surface area (Å²) in [6.07, 6.45) is 13.3. The van der Waals surface area contributed by atoms with Gasteiger partial charge in [-0.25, -0.2) is 0 Å². The molecule has 0 aromatic rings. The van der Waals surface area contributed by atoms with Crippen LogP contribution in [0.4, 0.5) is 0 Å². The van der Waals surface area contributed by atoms with Gasteiger partial charge in [-0.05, 0) is 73.0 Å². The van der Waals surface area contributed by atoms with Crippen LogP contribution < -0.4 is 0 Å². The molecule has 1 fully saturated rings. The lowest BCUT2D eigenvalue weighted by molar-refractivity contribution is 0.136. The molecule has 0 aromatic carbocycles. The van der Waals surface area contributed by atoms with Crippen molar-refractivity contribution in [1.29, 1.82) is 0 Å². The van der Waals surface area contributed by atoms with Gasteiger partial charge in [-0.1, -0.05) is 80.4 Å². The standard InChI is InChI=1S/C12H24.C12H22/c2*1-9(2)11-7-5-6-8-12(11)10(3)4/h9-12H,5-8H2,1-4H3;5-6,9-12H,7-8H2,1-4H3. The maximum absolute atomic E-state index is 2.39. The Balaban J connectivity index is 0.000000240. The number of hydrogen-bond acceptors (Lipinski definition) is 0. The minimum absolute atomic E-state index is 0.849. The van der Waals surface area contributed by atoms with E-state index in [1.165, 1.54) is 38.5 Å². The van der Waals surface area contributed by atoms with Crippen LogP contribution in [0, 0.1) is 47.3 Å². The molecule has 0 heteroatoms. The summed E-state index contributed by atoms with van der Waals surface area (Å²) in [6.45, 7) is 19.0. The first-order chi connectivity index (χ1) is 11.3. The molecule has 0 aromatic heterocycles. The monoisotopic (exact) mass is 334 g/mol. The van der Waals surface area contributed by atoms with E-state index >= 15 is 0 Å². The molecular formula is C24H46. The maximum Gasteiger partial charge on any atom is -0.0317 e. The Morgan fingerprint density at radius 2 is 0.792 bits per heavy atom. The van der Waals surface area contributed by atoms with Crippen LogP contribution >= 0.6 is 0 Å². The predicted octanol–water partition coefficient (Wildman–Crippen LogP) is 7.99. The average molecular weight is 335 g/mol. The molecule has 24 heavy (non-hydrogen) atoms. The average Bonchev–Trinajstić information content (AvgIpc) is 2.55. The summed E-state index contributed by atoms with van der Waals surface area (Å²) in [5, 5.41) is 0. The summed E-state index contributed by atoms with van der Waals surface area (Å²) in [5.41, 5.74) is 0. The molecule has 1 saturated carbocycles. The van der Waals surface area contributed by atoms with Crippen LogP contribution in [0.25, 0.3) is 0 Å². The van der Waals surface area contributed by atoms with Gasteiger partial charge in [0.15, 0.2) is 0 Å². The predicted molar refractivity (Wildman–Crippen MR) is 110 cm³/mol. The van der Waals surface area contributed by atoms with Crippen LogP contribution in [0.5, 0.6) is 0 Å². The molecule has 4 atom stereocenters. The summed E-state index contributed by atoms with van der Waals surface area (Å²) in [4.78, 5) is 0. The topological polar surface area (TPSA) is 0 Å². The summed E-state index contributed by atoms with van der Waals surface area (Å²) < 4.78 is 0. The van der Waals surface area contributed by atoms with Gasteiger partial charge in [-0.2, -0.15) is 0 Å². The Morgan fingerprint density at radius 1 is 0.500 bits per heavy atom. The molecule has 0 heterocycles. The zero-order chi connectivity index (χ0) is 18.3. The quantitative estimate of drug-likeness (QED) is 0.457. The van der Waals surface area contributed by atoms with E-state index < -0.39 is 0 Å². The van der Waals surface area contributed by atoms with Crippen molar-refractivity contribution in [2.45, 2.75) is 93.9 Å². The molecule has 2 aliphatic rings. The summed E-state index contributed by atoms with van der Waals surface area (Å²) in [7, 11) is 0. The molecule has 0 spiro atoms. The minimum Gasteiger partial charge on any atom is -0.0882 e. The zero-order valence-corrected chi connectivity index (χ0v) is 18.0. The van der Waals surface area contributed by atoms with E-state index in [1.807, 2.05) is 0 Å². The normalized spacial score (nSPS) is 30.8. The van der Waals surface area contributed by atoms with Crippen LogP contribution in [0.1, 0.15) is 93.9 Å². The Bertz CT molecular complexity index is 313. The molecule has 0 nitrogen and oxygen atoms in total. The highest BCUT2D eigenvalue weighted by atomic mass is 14.3. The van der Waals surface area contributed by atoms with Crippen molar-refractivity contribution >= 4 is 0 Å². The Labute approximate surface area is 153 Å². The van der Waals surface area contributed by atoms with Crippen LogP contribution in [0.15, 0.2) is 12.2 Å². The van der Waals surface area contributed by atoms with E-state index in [9.17, 15) is 0 Å². The van der Waals surface area contributed by atoms with Gasteiger partial charge in [0, 0.05) is 0 Å². The molecule has 0 saturated heterocycles. The van der Waals surface area contributed by atoms with E-state index in [0.717, 1.165) is 47.3 Å². The van der Waals surface area contributed by atoms with Crippen LogP contribution in [0.3, 0.4) is 0 Å². The highest BCUT2D eigenvalue weighted by Crippen LogP contribution is 2.39. The second kappa shape index (κ2) is 10.7. The fourth-order valence-corrected chi connectivity index (χ4v) is 5.23. The zero-order valence-electron chi connectivity index (χ0n) is 18.0. The van der Waals surface area contributed by atoms with Gasteiger partial charge in [0.1, 0.15) is 0 Å². The molecule has 142 valence electrons. The molecule has 4 unspecified atom stereocenters. The fraction of sp³-hybridized carbons (Fsp3) is 0.917. The van der Waals surface area contributed by atoms with E-state index in [1.54, 1.807) is 0 Å². The number of allylic oxidation sites excluding steroid dienone is 2. The Hall–Kier alpha value is -0.260. The van der Waals surface area contributed by atoms with Gasteiger partial charge in [-0.15, -0.1) is 0 Å². The third-order valence-corrected chi connectivity index (χ3v) is 6.83. The largest absolute Gasteiger partial charge is 0.0882 e. The second-order valence-electron chi connectivity index (χ2n) is 9.86. The van der Waals surface area contributed by atoms with Crippen LogP contribution in [0.2, 0.25) is 0 Å². The van der Waals surface area contributed by atoms with Crippen molar-refractivity contribution in [2.75, 3.05) is 0 Å². The maximum atomic E-state index is 2.39. The molecule has 0 bridgehead atoms. The van der Waals surface area contributed by atoms with Crippen molar-refractivity contribution in [3.63, 3.8) is 0 Å². The van der Waals surface area contributed by atoms with E-state index in [-0.39, 0.29) is 0 Å². The SMILES string of the molecule is CC(C)C1CC=CCC1C(C)C.CC(C)C1CCCCC1C(C)C. The lowest BCUT2D eigenvalue weighted by Gasteiger charge is -2.37. The first-order valence-electron chi connectivity index (χ1n) is 10.9. The lowest BCUT2D eigenvalue weighted by Crippen LogP contribution is -2.27. The third kappa shape index (κ3) is 6.57. The van der Waals surface area contributed by atoms with Crippen molar-refractivity contribution in [2.24, 2.45) is 47.3 Å².